The van der Waals surface area contributed by atoms with E-state index >= 15 is 0 Å². The van der Waals surface area contributed by atoms with Gasteiger partial charge in [0.25, 0.3) is 5.91 Å². The normalized spacial score (nSPS) is 14.0. The van der Waals surface area contributed by atoms with E-state index in [9.17, 15) is 9.59 Å². The van der Waals surface area contributed by atoms with Gasteiger partial charge in [0.2, 0.25) is 0 Å². The average molecular weight is 325 g/mol. The predicted molar refractivity (Wildman–Crippen MR) is 92.8 cm³/mol. The number of ether oxygens (including phenoxy) is 1. The molecule has 1 heterocycles. The van der Waals surface area contributed by atoms with E-state index in [1.807, 2.05) is 18.2 Å². The molecule has 0 spiro atoms. The van der Waals surface area contributed by atoms with E-state index in [0.29, 0.717) is 35.8 Å². The van der Waals surface area contributed by atoms with Gasteiger partial charge in [-0.05, 0) is 36.8 Å². The summed E-state index contributed by atoms with van der Waals surface area (Å²) in [5, 5.41) is 5.64. The molecule has 0 saturated carbocycles. The van der Waals surface area contributed by atoms with Crippen LogP contribution in [-0.2, 0) is 0 Å². The predicted octanol–water partition coefficient (Wildman–Crippen LogP) is 2.87. The maximum atomic E-state index is 12.5. The molecule has 3 amide bonds. The zero-order chi connectivity index (χ0) is 16.9. The second-order valence-electron chi connectivity index (χ2n) is 5.44. The Hall–Kier alpha value is -3.02. The Balaban J connectivity index is 1.80. The Morgan fingerprint density at radius 2 is 2.04 bits per heavy atom. The molecule has 124 valence electrons. The zero-order valence-electron chi connectivity index (χ0n) is 13.4. The van der Waals surface area contributed by atoms with Crippen LogP contribution < -0.4 is 20.3 Å². The van der Waals surface area contributed by atoms with Crippen molar-refractivity contribution >= 4 is 23.3 Å². The second-order valence-corrected chi connectivity index (χ2v) is 5.44. The molecule has 0 unspecified atom stereocenters. The fourth-order valence-electron chi connectivity index (χ4n) is 2.63. The van der Waals surface area contributed by atoms with Gasteiger partial charge in [-0.1, -0.05) is 18.2 Å². The molecule has 0 radical (unpaired) electrons. The highest BCUT2D eigenvalue weighted by Crippen LogP contribution is 2.24. The number of anilines is 2. The van der Waals surface area contributed by atoms with Crippen LogP contribution in [0, 0.1) is 0 Å². The highest BCUT2D eigenvalue weighted by atomic mass is 16.5. The minimum absolute atomic E-state index is 0.136. The van der Waals surface area contributed by atoms with Gasteiger partial charge in [0, 0.05) is 24.3 Å². The lowest BCUT2D eigenvalue weighted by Gasteiger charge is -2.27. The standard InChI is InChI=1S/C18H19N3O3/c1-24-16-9-3-2-8-15(16)20-17(22)13-6-4-7-14(12-13)21-11-5-10-19-18(21)23/h2-4,6-9,12H,5,10-11H2,1H3,(H,19,23)(H,20,22). The third-order valence-corrected chi connectivity index (χ3v) is 3.86. The van der Waals surface area contributed by atoms with Crippen LogP contribution in [0.25, 0.3) is 0 Å². The number of hydrogen-bond donors (Lipinski definition) is 2. The van der Waals surface area contributed by atoms with Crippen LogP contribution in [0.5, 0.6) is 5.75 Å². The molecule has 2 aromatic rings. The van der Waals surface area contributed by atoms with Crippen molar-refractivity contribution in [2.45, 2.75) is 6.42 Å². The fourth-order valence-corrected chi connectivity index (χ4v) is 2.63. The molecule has 3 rings (SSSR count). The molecular formula is C18H19N3O3. The lowest BCUT2D eigenvalue weighted by atomic mass is 10.1. The molecule has 6 heteroatoms. The van der Waals surface area contributed by atoms with E-state index in [-0.39, 0.29) is 11.9 Å². The van der Waals surface area contributed by atoms with Crippen molar-refractivity contribution in [3.8, 4) is 5.75 Å². The zero-order valence-corrected chi connectivity index (χ0v) is 13.4. The number of hydrogen-bond acceptors (Lipinski definition) is 3. The van der Waals surface area contributed by atoms with Gasteiger partial charge >= 0.3 is 6.03 Å². The van der Waals surface area contributed by atoms with Crippen molar-refractivity contribution < 1.29 is 14.3 Å². The van der Waals surface area contributed by atoms with Gasteiger partial charge in [0.15, 0.2) is 0 Å². The summed E-state index contributed by atoms with van der Waals surface area (Å²) in [5.74, 6) is 0.344. The number of rotatable bonds is 4. The van der Waals surface area contributed by atoms with Gasteiger partial charge in [-0.15, -0.1) is 0 Å². The monoisotopic (exact) mass is 325 g/mol. The number of nitrogens with zero attached hydrogens (tertiary/aromatic N) is 1. The van der Waals surface area contributed by atoms with Gasteiger partial charge in [-0.25, -0.2) is 4.79 Å². The van der Waals surface area contributed by atoms with Crippen molar-refractivity contribution in [3.05, 3.63) is 54.1 Å². The maximum Gasteiger partial charge on any atom is 0.321 e. The van der Waals surface area contributed by atoms with Crippen molar-refractivity contribution in [1.29, 1.82) is 0 Å². The quantitative estimate of drug-likeness (QED) is 0.908. The molecule has 0 atom stereocenters. The number of methoxy groups -OCH3 is 1. The number of para-hydroxylation sites is 2. The third-order valence-electron chi connectivity index (χ3n) is 3.86. The van der Waals surface area contributed by atoms with E-state index in [0.717, 1.165) is 6.42 Å². The van der Waals surface area contributed by atoms with E-state index in [4.69, 9.17) is 4.74 Å². The lowest BCUT2D eigenvalue weighted by Crippen LogP contribution is -2.46. The van der Waals surface area contributed by atoms with E-state index in [2.05, 4.69) is 10.6 Å². The van der Waals surface area contributed by atoms with Gasteiger partial charge in [-0.3, -0.25) is 9.69 Å². The molecule has 1 aliphatic heterocycles. The minimum atomic E-state index is -0.251. The van der Waals surface area contributed by atoms with Crippen LogP contribution in [-0.4, -0.2) is 32.1 Å². The van der Waals surface area contributed by atoms with Crippen molar-refractivity contribution in [1.82, 2.24) is 5.32 Å². The number of urea groups is 1. The van der Waals surface area contributed by atoms with Crippen molar-refractivity contribution in [2.75, 3.05) is 30.4 Å². The highest BCUT2D eigenvalue weighted by Gasteiger charge is 2.20. The molecule has 1 aliphatic rings. The molecule has 0 aliphatic carbocycles. The van der Waals surface area contributed by atoms with Crippen LogP contribution in [0.4, 0.5) is 16.2 Å². The number of carbonyl (C=O) groups excluding carboxylic acids is 2. The van der Waals surface area contributed by atoms with Gasteiger partial charge < -0.3 is 15.4 Å². The van der Waals surface area contributed by atoms with Crippen LogP contribution in [0.1, 0.15) is 16.8 Å². The minimum Gasteiger partial charge on any atom is -0.495 e. The number of benzene rings is 2. The summed E-state index contributed by atoms with van der Waals surface area (Å²) in [7, 11) is 1.56. The van der Waals surface area contributed by atoms with E-state index < -0.39 is 0 Å². The van der Waals surface area contributed by atoms with Gasteiger partial charge in [0.05, 0.1) is 12.8 Å². The Morgan fingerprint density at radius 3 is 2.83 bits per heavy atom. The lowest BCUT2D eigenvalue weighted by molar-refractivity contribution is 0.102. The smallest absolute Gasteiger partial charge is 0.321 e. The van der Waals surface area contributed by atoms with Crippen LogP contribution in [0.15, 0.2) is 48.5 Å². The first-order valence-electron chi connectivity index (χ1n) is 7.79. The first-order chi connectivity index (χ1) is 11.7. The van der Waals surface area contributed by atoms with Crippen LogP contribution >= 0.6 is 0 Å². The molecule has 0 bridgehead atoms. The summed E-state index contributed by atoms with van der Waals surface area (Å²) < 4.78 is 5.24. The summed E-state index contributed by atoms with van der Waals surface area (Å²) in [4.78, 5) is 26.1. The van der Waals surface area contributed by atoms with Crippen molar-refractivity contribution in [3.63, 3.8) is 0 Å². The Morgan fingerprint density at radius 1 is 1.21 bits per heavy atom. The molecule has 0 aromatic heterocycles. The summed E-state index contributed by atoms with van der Waals surface area (Å²) >= 11 is 0. The molecular weight excluding hydrogens is 306 g/mol. The maximum absolute atomic E-state index is 12.5. The largest absolute Gasteiger partial charge is 0.495 e. The first-order valence-corrected chi connectivity index (χ1v) is 7.79. The molecule has 6 nitrogen and oxygen atoms in total. The Kier molecular flexibility index (Phi) is 4.65. The van der Waals surface area contributed by atoms with Gasteiger partial charge in [-0.2, -0.15) is 0 Å². The molecule has 1 fully saturated rings. The second kappa shape index (κ2) is 7.04. The van der Waals surface area contributed by atoms with Gasteiger partial charge in [0.1, 0.15) is 5.75 Å². The average Bonchev–Trinajstić information content (AvgIpc) is 2.62. The van der Waals surface area contributed by atoms with E-state index in [1.54, 1.807) is 42.3 Å². The summed E-state index contributed by atoms with van der Waals surface area (Å²) in [6, 6.07) is 14.1. The van der Waals surface area contributed by atoms with E-state index in [1.165, 1.54) is 0 Å². The first kappa shape index (κ1) is 15.9. The number of amides is 3. The number of nitrogens with one attached hydrogen (secondary N) is 2. The van der Waals surface area contributed by atoms with Crippen LogP contribution in [0.2, 0.25) is 0 Å². The molecule has 2 N–H and O–H groups in total. The SMILES string of the molecule is COc1ccccc1NC(=O)c1cccc(N2CCCNC2=O)c1. The summed E-state index contributed by atoms with van der Waals surface area (Å²) in [6.07, 6.45) is 0.878. The highest BCUT2D eigenvalue weighted by molar-refractivity contribution is 6.06. The fraction of sp³-hybridized carbons (Fsp3) is 0.222. The number of carbonyl (C=O) groups is 2. The molecule has 1 saturated heterocycles. The van der Waals surface area contributed by atoms with Crippen LogP contribution in [0.3, 0.4) is 0 Å². The van der Waals surface area contributed by atoms with Crippen molar-refractivity contribution in [2.24, 2.45) is 0 Å². The Bertz CT molecular complexity index is 761. The topological polar surface area (TPSA) is 70.7 Å². The summed E-state index contributed by atoms with van der Waals surface area (Å²) in [5.41, 5.74) is 1.79. The Labute approximate surface area is 140 Å². The third kappa shape index (κ3) is 3.32. The molecule has 24 heavy (non-hydrogen) atoms. The molecule has 2 aromatic carbocycles. The summed E-state index contributed by atoms with van der Waals surface area (Å²) in [6.45, 7) is 1.33.